The van der Waals surface area contributed by atoms with Crippen LogP contribution >= 0.6 is 0 Å². The van der Waals surface area contributed by atoms with Crippen molar-refractivity contribution >= 4 is 11.5 Å². The van der Waals surface area contributed by atoms with Gasteiger partial charge in [-0.3, -0.25) is 9.18 Å². The van der Waals surface area contributed by atoms with Gasteiger partial charge in [0.1, 0.15) is 0 Å². The molecule has 4 bridgehead atoms. The summed E-state index contributed by atoms with van der Waals surface area (Å²) in [6, 6.07) is 7.28. The van der Waals surface area contributed by atoms with Crippen LogP contribution in [0.1, 0.15) is 37.7 Å². The van der Waals surface area contributed by atoms with Crippen molar-refractivity contribution in [2.75, 3.05) is 0 Å². The summed E-state index contributed by atoms with van der Waals surface area (Å²) in [5.41, 5.74) is 1.19. The molecule has 1 N–H and O–H groups in total. The van der Waals surface area contributed by atoms with Crippen molar-refractivity contribution in [1.29, 1.82) is 0 Å². The Morgan fingerprint density at radius 1 is 1.25 bits per heavy atom. The number of carbonyl (C=O) groups is 1. The molecular weight excluding hydrogens is 316 g/mol. The predicted octanol–water partition coefficient (Wildman–Crippen LogP) is -0.403. The molecule has 5 atom stereocenters. The number of piperidine rings is 1. The maximum Gasteiger partial charge on any atom is 1.00 e. The monoisotopic (exact) mass is 336 g/mol. The largest absolute Gasteiger partial charge is 1.00 e. The standard InChI is InChI=1S/C19H20FNO2.Na/c1-11(12-3-5-15(20)6-4-12)2-7-18(22)21-16-10-14-8-13(16)9-17(21)19(14)23;/h1,3,5-6,13-14,16-17,19,23H,2,7-10H2;/q-2;+1. The number of rotatable bonds is 4. The second-order valence-electron chi connectivity index (χ2n) is 7.10. The van der Waals surface area contributed by atoms with Crippen molar-refractivity contribution in [3.05, 3.63) is 42.2 Å². The minimum absolute atomic E-state index is 0. The minimum atomic E-state index is -0.360. The first-order valence-electron chi connectivity index (χ1n) is 8.32. The van der Waals surface area contributed by atoms with Crippen molar-refractivity contribution in [3.63, 3.8) is 0 Å². The third-order valence-corrected chi connectivity index (χ3v) is 5.85. The zero-order valence-electron chi connectivity index (χ0n) is 13.9. The van der Waals surface area contributed by atoms with Gasteiger partial charge in [0.2, 0.25) is 5.91 Å². The van der Waals surface area contributed by atoms with Gasteiger partial charge in [-0.15, -0.1) is 12.1 Å². The fraction of sp³-hybridized carbons (Fsp3) is 0.526. The van der Waals surface area contributed by atoms with E-state index in [0.717, 1.165) is 19.3 Å². The summed E-state index contributed by atoms with van der Waals surface area (Å²) in [5.74, 6) is 0.685. The van der Waals surface area contributed by atoms with E-state index in [2.05, 4.69) is 6.07 Å². The van der Waals surface area contributed by atoms with Gasteiger partial charge in [0, 0.05) is 18.3 Å². The summed E-state index contributed by atoms with van der Waals surface area (Å²) in [7, 11) is 0. The third kappa shape index (κ3) is 2.98. The molecule has 1 aromatic rings. The van der Waals surface area contributed by atoms with Gasteiger partial charge in [-0.2, -0.15) is 0 Å². The minimum Gasteiger partial charge on any atom is -0.391 e. The number of aliphatic hydroxyl groups is 1. The number of aliphatic hydroxyl groups excluding tert-OH is 1. The second kappa shape index (κ2) is 6.91. The number of hydrogen-bond donors (Lipinski definition) is 1. The summed E-state index contributed by atoms with van der Waals surface area (Å²) < 4.78 is 12.9. The molecule has 2 saturated carbocycles. The average Bonchev–Trinajstić information content (AvgIpc) is 3.03. The van der Waals surface area contributed by atoms with Crippen LogP contribution < -0.4 is 29.6 Å². The number of allylic oxidation sites excluding steroid dienone is 1. The van der Waals surface area contributed by atoms with E-state index < -0.39 is 0 Å². The van der Waals surface area contributed by atoms with E-state index in [-0.39, 0.29) is 53.4 Å². The van der Waals surface area contributed by atoms with E-state index >= 15 is 0 Å². The average molecular weight is 336 g/mol. The number of halogens is 1. The number of amides is 1. The molecule has 4 aliphatic rings. The molecule has 1 aromatic carbocycles. The van der Waals surface area contributed by atoms with E-state index in [0.29, 0.717) is 41.9 Å². The van der Waals surface area contributed by atoms with Gasteiger partial charge in [0.25, 0.3) is 0 Å². The topological polar surface area (TPSA) is 40.5 Å². The van der Waals surface area contributed by atoms with Crippen LogP contribution in [0.3, 0.4) is 0 Å². The van der Waals surface area contributed by atoms with E-state index in [1.54, 1.807) is 6.07 Å². The maximum atomic E-state index is 12.9. The molecule has 24 heavy (non-hydrogen) atoms. The van der Waals surface area contributed by atoms with Crippen molar-refractivity contribution in [3.8, 4) is 0 Å². The summed E-state index contributed by atoms with van der Waals surface area (Å²) in [6.07, 6.45) is 3.35. The van der Waals surface area contributed by atoms with Crippen LogP contribution in [0, 0.1) is 30.3 Å². The molecule has 5 heteroatoms. The molecule has 1 amide bonds. The SMILES string of the molecule is [CH-]=C(CCC(=O)N1C2CC3CC2CC1C3O)c1[c-]cc(F)cc1.[Na+]. The zero-order chi connectivity index (χ0) is 16.1. The molecule has 5 unspecified atom stereocenters. The Kier molecular flexibility index (Phi) is 5.22. The van der Waals surface area contributed by atoms with Gasteiger partial charge in [-0.25, -0.2) is 12.1 Å². The van der Waals surface area contributed by atoms with Crippen molar-refractivity contribution in [2.45, 2.75) is 50.3 Å². The van der Waals surface area contributed by atoms with Gasteiger partial charge >= 0.3 is 29.6 Å². The van der Waals surface area contributed by atoms with Crippen molar-refractivity contribution < 1.29 is 43.8 Å². The number of nitrogens with zero attached hydrogens (tertiary/aromatic N) is 1. The molecule has 0 radical (unpaired) electrons. The molecule has 3 nitrogen and oxygen atoms in total. The quantitative estimate of drug-likeness (QED) is 0.600. The van der Waals surface area contributed by atoms with Crippen LogP contribution in [0.4, 0.5) is 4.39 Å². The van der Waals surface area contributed by atoms with Crippen LogP contribution in [-0.2, 0) is 4.79 Å². The smallest absolute Gasteiger partial charge is 0.391 e. The Hall–Kier alpha value is -0.680. The fourth-order valence-electron chi connectivity index (χ4n) is 4.79. The summed E-state index contributed by atoms with van der Waals surface area (Å²) >= 11 is 0. The Bertz CT molecular complexity index is 647. The van der Waals surface area contributed by atoms with Crippen LogP contribution in [-0.4, -0.2) is 34.1 Å². The molecular formula is C19H20FNNaO2-. The molecule has 2 aliphatic heterocycles. The van der Waals surface area contributed by atoms with Gasteiger partial charge in [0.05, 0.1) is 12.1 Å². The Morgan fingerprint density at radius 3 is 2.71 bits per heavy atom. The third-order valence-electron chi connectivity index (χ3n) is 5.85. The maximum absolute atomic E-state index is 12.9. The van der Waals surface area contributed by atoms with E-state index in [1.165, 1.54) is 12.1 Å². The van der Waals surface area contributed by atoms with E-state index in [1.807, 2.05) is 4.90 Å². The van der Waals surface area contributed by atoms with Crippen LogP contribution in [0.15, 0.2) is 18.2 Å². The summed E-state index contributed by atoms with van der Waals surface area (Å²) in [6.45, 7) is 6.01. The number of carbonyl (C=O) groups excluding carboxylic acids is 1. The summed E-state index contributed by atoms with van der Waals surface area (Å²) in [4.78, 5) is 14.6. The van der Waals surface area contributed by atoms with E-state index in [9.17, 15) is 14.3 Å². The first-order valence-corrected chi connectivity index (χ1v) is 8.32. The Balaban J connectivity index is 0.00000169. The van der Waals surface area contributed by atoms with Gasteiger partial charge in [0.15, 0.2) is 0 Å². The molecule has 0 spiro atoms. The predicted molar refractivity (Wildman–Crippen MR) is 83.4 cm³/mol. The normalized spacial score (nSPS) is 32.8. The van der Waals surface area contributed by atoms with Gasteiger partial charge in [-0.1, -0.05) is 6.42 Å². The number of hydrogen-bond acceptors (Lipinski definition) is 2. The zero-order valence-corrected chi connectivity index (χ0v) is 15.9. The fourth-order valence-corrected chi connectivity index (χ4v) is 4.79. The van der Waals surface area contributed by atoms with Crippen molar-refractivity contribution in [2.24, 2.45) is 11.8 Å². The molecule has 0 aromatic heterocycles. The Morgan fingerprint density at radius 2 is 2.00 bits per heavy atom. The van der Waals surface area contributed by atoms with Crippen molar-refractivity contribution in [1.82, 2.24) is 4.90 Å². The molecule has 4 fully saturated rings. The molecule has 2 aliphatic carbocycles. The molecule has 5 rings (SSSR count). The number of benzene rings is 1. The first-order chi connectivity index (χ1) is 11.0. The van der Waals surface area contributed by atoms with Gasteiger partial charge in [-0.05, 0) is 31.1 Å². The molecule has 122 valence electrons. The van der Waals surface area contributed by atoms with Crippen LogP contribution in [0.2, 0.25) is 0 Å². The van der Waals surface area contributed by atoms with Crippen LogP contribution in [0.5, 0.6) is 0 Å². The van der Waals surface area contributed by atoms with Crippen LogP contribution in [0.25, 0.3) is 5.57 Å². The first kappa shape index (κ1) is 18.1. The second-order valence-corrected chi connectivity index (χ2v) is 7.10. The molecule has 2 heterocycles. The van der Waals surface area contributed by atoms with E-state index in [4.69, 9.17) is 6.58 Å². The van der Waals surface area contributed by atoms with Gasteiger partial charge < -0.3 is 27.7 Å². The summed E-state index contributed by atoms with van der Waals surface area (Å²) in [5, 5.41) is 10.3. The molecule has 2 saturated heterocycles. The Labute approximate surface area is 164 Å².